The number of ether oxygens (including phenoxy) is 1. The first-order valence-corrected chi connectivity index (χ1v) is 11.3. The van der Waals surface area contributed by atoms with Gasteiger partial charge in [0.15, 0.2) is 0 Å². The summed E-state index contributed by atoms with van der Waals surface area (Å²) < 4.78 is 8.14. The predicted molar refractivity (Wildman–Crippen MR) is 129 cm³/mol. The second-order valence-electron chi connectivity index (χ2n) is 8.07. The van der Waals surface area contributed by atoms with Crippen molar-refractivity contribution in [3.8, 4) is 5.75 Å². The van der Waals surface area contributed by atoms with Crippen molar-refractivity contribution in [3.05, 3.63) is 86.2 Å². The zero-order chi connectivity index (χ0) is 24.7. The number of rotatable bonds is 10. The molecule has 1 aromatic heterocycles. The summed E-state index contributed by atoms with van der Waals surface area (Å²) in [6.07, 6.45) is 1.60. The number of carbonyl (C=O) groups is 1. The number of nitrogens with zero attached hydrogens (tertiary/aromatic N) is 3. The van der Waals surface area contributed by atoms with E-state index in [1.807, 2.05) is 31.2 Å². The predicted octanol–water partition coefficient (Wildman–Crippen LogP) is 2.97. The summed E-state index contributed by atoms with van der Waals surface area (Å²) >= 11 is 0. The average Bonchev–Trinajstić information content (AvgIpc) is 2.82. The van der Waals surface area contributed by atoms with Crippen LogP contribution < -0.4 is 21.7 Å². The molecule has 0 amide bonds. The van der Waals surface area contributed by atoms with Gasteiger partial charge in [0.05, 0.1) is 24.8 Å². The van der Waals surface area contributed by atoms with E-state index < -0.39 is 17.3 Å². The Labute approximate surface area is 197 Å². The van der Waals surface area contributed by atoms with Gasteiger partial charge in [-0.15, -0.1) is 0 Å². The zero-order valence-electron chi connectivity index (χ0n) is 19.7. The molecule has 9 nitrogen and oxygen atoms in total. The second-order valence-corrected chi connectivity index (χ2v) is 8.07. The first-order valence-electron chi connectivity index (χ1n) is 11.3. The molecule has 2 aromatic carbocycles. The minimum atomic E-state index is -1.10. The van der Waals surface area contributed by atoms with E-state index in [-0.39, 0.29) is 31.2 Å². The van der Waals surface area contributed by atoms with Crippen LogP contribution in [0.2, 0.25) is 0 Å². The molecular weight excluding hydrogens is 436 g/mol. The van der Waals surface area contributed by atoms with E-state index in [9.17, 15) is 14.4 Å². The summed E-state index contributed by atoms with van der Waals surface area (Å²) in [5.74, 6) is -0.376. The normalized spacial score (nSPS) is 11.7. The molecule has 0 aliphatic rings. The van der Waals surface area contributed by atoms with Gasteiger partial charge < -0.3 is 9.84 Å². The lowest BCUT2D eigenvalue weighted by molar-refractivity contribution is -0.137. The minimum Gasteiger partial charge on any atom is -0.490 e. The fourth-order valence-corrected chi connectivity index (χ4v) is 3.43. The average molecular weight is 467 g/mol. The number of aromatic nitrogens is 3. The molecule has 0 saturated heterocycles. The minimum absolute atomic E-state index is 0.0795. The molecule has 0 spiro atoms. The maximum absolute atomic E-state index is 13.2. The topological polar surface area (TPSA) is 119 Å². The van der Waals surface area contributed by atoms with Gasteiger partial charge in [-0.05, 0) is 49.6 Å². The first-order chi connectivity index (χ1) is 16.3. The molecule has 3 aromatic rings. The maximum atomic E-state index is 13.2. The second kappa shape index (κ2) is 11.3. The summed E-state index contributed by atoms with van der Waals surface area (Å²) in [4.78, 5) is 43.8. The largest absolute Gasteiger partial charge is 0.490 e. The molecule has 2 N–H and O–H groups in total. The number of aryl methyl sites for hydroxylation is 1. The van der Waals surface area contributed by atoms with Gasteiger partial charge in [-0.1, -0.05) is 43.7 Å². The molecule has 1 heterocycles. The van der Waals surface area contributed by atoms with Crippen LogP contribution >= 0.6 is 0 Å². The SMILES string of the molecule is CCC(CC)Oc1ccc(/N=c2\[nH]c(=O)n(CCC(=O)O)c(=O)n2Cc2ccc(C)cc2)cc1. The van der Waals surface area contributed by atoms with Gasteiger partial charge >= 0.3 is 17.3 Å². The molecule has 0 atom stereocenters. The van der Waals surface area contributed by atoms with Crippen LogP contribution in [-0.4, -0.2) is 31.3 Å². The quantitative estimate of drug-likeness (QED) is 0.476. The van der Waals surface area contributed by atoms with Gasteiger partial charge in [0.1, 0.15) is 5.75 Å². The summed E-state index contributed by atoms with van der Waals surface area (Å²) in [6.45, 7) is 6.03. The van der Waals surface area contributed by atoms with Crippen LogP contribution in [0.4, 0.5) is 5.69 Å². The lowest BCUT2D eigenvalue weighted by atomic mass is 10.1. The van der Waals surface area contributed by atoms with Crippen molar-refractivity contribution in [2.75, 3.05) is 0 Å². The molecule has 0 fully saturated rings. The van der Waals surface area contributed by atoms with Crippen LogP contribution in [-0.2, 0) is 17.9 Å². The van der Waals surface area contributed by atoms with E-state index in [4.69, 9.17) is 9.84 Å². The van der Waals surface area contributed by atoms with Crippen LogP contribution in [0.1, 0.15) is 44.2 Å². The number of nitrogens with one attached hydrogen (secondary N) is 1. The monoisotopic (exact) mass is 466 g/mol. The summed E-state index contributed by atoms with van der Waals surface area (Å²) in [6, 6.07) is 14.7. The Morgan fingerprint density at radius 3 is 2.26 bits per heavy atom. The molecule has 0 unspecified atom stereocenters. The van der Waals surface area contributed by atoms with Gasteiger partial charge in [-0.2, -0.15) is 0 Å². The molecule has 0 bridgehead atoms. The number of benzene rings is 2. The van der Waals surface area contributed by atoms with Crippen molar-refractivity contribution in [2.24, 2.45) is 4.99 Å². The van der Waals surface area contributed by atoms with E-state index in [0.717, 1.165) is 34.3 Å². The fourth-order valence-electron chi connectivity index (χ4n) is 3.43. The number of aromatic amines is 1. The standard InChI is InChI=1S/C25H30N4O5/c1-4-20(5-2)34-21-12-10-19(11-13-21)26-23-27-24(32)28(15-14-22(30)31)25(33)29(23)16-18-8-6-17(3)7-9-18/h6-13,20H,4-5,14-16H2,1-3H3,(H,30,31)(H,26,27,32). The van der Waals surface area contributed by atoms with Gasteiger partial charge in [0.2, 0.25) is 5.62 Å². The molecule has 0 aliphatic carbocycles. The highest BCUT2D eigenvalue weighted by atomic mass is 16.5. The Bertz CT molecular complexity index is 1300. The van der Waals surface area contributed by atoms with E-state index in [1.165, 1.54) is 4.57 Å². The summed E-state index contributed by atoms with van der Waals surface area (Å²) in [7, 11) is 0. The smallest absolute Gasteiger partial charge is 0.335 e. The Morgan fingerprint density at radius 2 is 1.68 bits per heavy atom. The lowest BCUT2D eigenvalue weighted by Crippen LogP contribution is -2.50. The zero-order valence-corrected chi connectivity index (χ0v) is 19.7. The molecule has 0 radical (unpaired) electrons. The van der Waals surface area contributed by atoms with Crippen LogP contribution in [0, 0.1) is 6.92 Å². The number of hydrogen-bond acceptors (Lipinski definition) is 5. The van der Waals surface area contributed by atoms with E-state index >= 15 is 0 Å². The maximum Gasteiger partial charge on any atom is 0.335 e. The van der Waals surface area contributed by atoms with Crippen LogP contribution in [0.25, 0.3) is 0 Å². The Kier molecular flexibility index (Phi) is 8.24. The van der Waals surface area contributed by atoms with Crippen molar-refractivity contribution < 1.29 is 14.6 Å². The molecule has 9 heteroatoms. The van der Waals surface area contributed by atoms with Gasteiger partial charge in [-0.25, -0.2) is 19.1 Å². The van der Waals surface area contributed by atoms with Crippen molar-refractivity contribution in [3.63, 3.8) is 0 Å². The molecule has 0 aliphatic heterocycles. The highest BCUT2D eigenvalue weighted by Crippen LogP contribution is 2.20. The van der Waals surface area contributed by atoms with Crippen molar-refractivity contribution in [1.29, 1.82) is 0 Å². The Balaban J connectivity index is 2.05. The molecule has 34 heavy (non-hydrogen) atoms. The lowest BCUT2D eigenvalue weighted by Gasteiger charge is -2.15. The molecule has 3 rings (SSSR count). The highest BCUT2D eigenvalue weighted by Gasteiger charge is 2.11. The Hall–Kier alpha value is -3.88. The van der Waals surface area contributed by atoms with Crippen LogP contribution in [0.15, 0.2) is 63.1 Å². The number of H-pyrrole nitrogens is 1. The Morgan fingerprint density at radius 1 is 1.03 bits per heavy atom. The van der Waals surface area contributed by atoms with Crippen LogP contribution in [0.5, 0.6) is 5.75 Å². The van der Waals surface area contributed by atoms with E-state index in [1.54, 1.807) is 24.3 Å². The first kappa shape index (κ1) is 24.8. The molecule has 180 valence electrons. The number of aliphatic carboxylic acids is 1. The van der Waals surface area contributed by atoms with E-state index in [2.05, 4.69) is 23.8 Å². The van der Waals surface area contributed by atoms with Crippen LogP contribution in [0.3, 0.4) is 0 Å². The third-order valence-corrected chi connectivity index (χ3v) is 5.48. The fraction of sp³-hybridized carbons (Fsp3) is 0.360. The summed E-state index contributed by atoms with van der Waals surface area (Å²) in [5.41, 5.74) is 1.20. The van der Waals surface area contributed by atoms with Crippen molar-refractivity contribution in [2.45, 2.75) is 59.2 Å². The highest BCUT2D eigenvalue weighted by molar-refractivity contribution is 5.66. The van der Waals surface area contributed by atoms with Crippen molar-refractivity contribution in [1.82, 2.24) is 14.1 Å². The van der Waals surface area contributed by atoms with Gasteiger partial charge in [0, 0.05) is 6.54 Å². The van der Waals surface area contributed by atoms with E-state index in [0.29, 0.717) is 5.69 Å². The molecule has 0 saturated carbocycles. The third kappa shape index (κ3) is 6.34. The van der Waals surface area contributed by atoms with Gasteiger partial charge in [0.25, 0.3) is 0 Å². The van der Waals surface area contributed by atoms with Crippen molar-refractivity contribution >= 4 is 11.7 Å². The summed E-state index contributed by atoms with van der Waals surface area (Å²) in [5, 5.41) is 8.98. The number of hydrogen-bond donors (Lipinski definition) is 2. The number of carboxylic acids is 1. The third-order valence-electron chi connectivity index (χ3n) is 5.48. The number of carboxylic acid groups (broad SMARTS) is 1. The van der Waals surface area contributed by atoms with Gasteiger partial charge in [-0.3, -0.25) is 14.3 Å². The molecular formula is C25H30N4O5.